The maximum atomic E-state index is 10.3. The Morgan fingerprint density at radius 2 is 1.90 bits per heavy atom. The van der Waals surface area contributed by atoms with Crippen molar-refractivity contribution >= 4 is 5.97 Å². The van der Waals surface area contributed by atoms with E-state index in [0.717, 1.165) is 24.5 Å². The van der Waals surface area contributed by atoms with E-state index >= 15 is 0 Å². The van der Waals surface area contributed by atoms with Crippen LogP contribution in [0.5, 0.6) is 0 Å². The molecule has 110 valence electrons. The van der Waals surface area contributed by atoms with Crippen LogP contribution in [-0.4, -0.2) is 27.9 Å². The third-order valence-electron chi connectivity index (χ3n) is 3.28. The van der Waals surface area contributed by atoms with Gasteiger partial charge < -0.3 is 15.3 Å². The van der Waals surface area contributed by atoms with Crippen LogP contribution in [0.2, 0.25) is 0 Å². The Morgan fingerprint density at radius 1 is 1.20 bits per heavy atom. The third-order valence-corrected chi connectivity index (χ3v) is 3.28. The molecule has 0 aromatic heterocycles. The van der Waals surface area contributed by atoms with Crippen molar-refractivity contribution in [3.63, 3.8) is 0 Å². The summed E-state index contributed by atoms with van der Waals surface area (Å²) in [5.74, 6) is -1.11. The first-order valence-electron chi connectivity index (χ1n) is 6.88. The first-order valence-corrected chi connectivity index (χ1v) is 6.88. The fourth-order valence-corrected chi connectivity index (χ4v) is 2.12. The topological polar surface area (TPSA) is 77.8 Å². The van der Waals surface area contributed by atoms with Gasteiger partial charge in [0.15, 0.2) is 0 Å². The molecule has 20 heavy (non-hydrogen) atoms. The van der Waals surface area contributed by atoms with E-state index in [9.17, 15) is 15.0 Å². The minimum atomic E-state index is -0.933. The Morgan fingerprint density at radius 3 is 2.50 bits per heavy atom. The van der Waals surface area contributed by atoms with Crippen molar-refractivity contribution in [2.45, 2.75) is 31.8 Å². The summed E-state index contributed by atoms with van der Waals surface area (Å²) in [4.78, 5) is 10.3. The minimum absolute atomic E-state index is 0.0545. The Balaban J connectivity index is 2.34. The minimum Gasteiger partial charge on any atom is -0.478 e. The van der Waals surface area contributed by atoms with E-state index in [4.69, 9.17) is 5.11 Å². The lowest BCUT2D eigenvalue weighted by Crippen LogP contribution is -2.16. The summed E-state index contributed by atoms with van der Waals surface area (Å²) < 4.78 is 0. The van der Waals surface area contributed by atoms with Crippen molar-refractivity contribution in [1.29, 1.82) is 0 Å². The lowest BCUT2D eigenvalue weighted by Gasteiger charge is -2.21. The summed E-state index contributed by atoms with van der Waals surface area (Å²) in [5.41, 5.74) is 0.817. The largest absolute Gasteiger partial charge is 0.478 e. The van der Waals surface area contributed by atoms with Gasteiger partial charge in [0, 0.05) is 18.6 Å². The van der Waals surface area contributed by atoms with Crippen LogP contribution in [0.3, 0.4) is 0 Å². The Bertz CT molecular complexity index is 414. The van der Waals surface area contributed by atoms with Gasteiger partial charge in [-0.25, -0.2) is 4.79 Å². The van der Waals surface area contributed by atoms with Crippen molar-refractivity contribution < 1.29 is 20.1 Å². The fraction of sp³-hybridized carbons (Fsp3) is 0.438. The molecule has 3 N–H and O–H groups in total. The second-order valence-electron chi connectivity index (χ2n) is 4.82. The van der Waals surface area contributed by atoms with Crippen molar-refractivity contribution in [1.82, 2.24) is 0 Å². The van der Waals surface area contributed by atoms with Crippen LogP contribution in [0.15, 0.2) is 42.5 Å². The molecule has 1 aromatic carbocycles. The van der Waals surface area contributed by atoms with Crippen LogP contribution in [0.1, 0.15) is 37.4 Å². The van der Waals surface area contributed by atoms with Crippen LogP contribution in [0.4, 0.5) is 0 Å². The van der Waals surface area contributed by atoms with E-state index in [-0.39, 0.29) is 12.5 Å². The Kier molecular flexibility index (Phi) is 7.62. The van der Waals surface area contributed by atoms with Gasteiger partial charge in [0.25, 0.3) is 0 Å². The van der Waals surface area contributed by atoms with Gasteiger partial charge in [-0.2, -0.15) is 0 Å². The molecule has 0 radical (unpaired) electrons. The molecule has 1 aromatic rings. The Hall–Kier alpha value is -1.65. The van der Waals surface area contributed by atoms with Crippen molar-refractivity contribution in [2.75, 3.05) is 6.61 Å². The summed E-state index contributed by atoms with van der Waals surface area (Å²) in [6.45, 7) is -0.0545. The maximum absolute atomic E-state index is 10.3. The molecular formula is C16H22O4. The molecule has 0 saturated carbocycles. The van der Waals surface area contributed by atoms with Gasteiger partial charge in [0.05, 0.1) is 6.10 Å². The predicted octanol–water partition coefficient (Wildman–Crippen LogP) is 2.53. The maximum Gasteiger partial charge on any atom is 0.327 e. The predicted molar refractivity (Wildman–Crippen MR) is 77.2 cm³/mol. The van der Waals surface area contributed by atoms with Crippen molar-refractivity contribution in [2.24, 2.45) is 5.92 Å². The molecule has 0 aliphatic carbocycles. The van der Waals surface area contributed by atoms with Gasteiger partial charge in [0.1, 0.15) is 0 Å². The SMILES string of the molecule is O=C(O)/C=C\CCCCC(CO)C(O)c1ccccc1. The number of carboxylic acids is 1. The molecule has 0 fully saturated rings. The van der Waals surface area contributed by atoms with Crippen LogP contribution in [-0.2, 0) is 4.79 Å². The number of rotatable bonds is 9. The molecule has 0 aliphatic rings. The number of aliphatic hydroxyl groups excluding tert-OH is 2. The average molecular weight is 278 g/mol. The van der Waals surface area contributed by atoms with Crippen LogP contribution < -0.4 is 0 Å². The van der Waals surface area contributed by atoms with E-state index in [2.05, 4.69) is 0 Å². The van der Waals surface area contributed by atoms with Gasteiger partial charge in [-0.15, -0.1) is 0 Å². The molecule has 2 atom stereocenters. The standard InChI is InChI=1S/C16H22O4/c17-12-14(10-4-1-2-7-11-15(18)19)16(20)13-8-5-3-6-9-13/h3,5-9,11,14,16-17,20H,1-2,4,10,12H2,(H,18,19)/b11-7-. The summed E-state index contributed by atoms with van der Waals surface area (Å²) in [6.07, 6.45) is 5.22. The molecule has 4 nitrogen and oxygen atoms in total. The number of hydrogen-bond donors (Lipinski definition) is 3. The van der Waals surface area contributed by atoms with Crippen LogP contribution in [0.25, 0.3) is 0 Å². The molecule has 4 heteroatoms. The number of carboxylic acid groups (broad SMARTS) is 1. The lowest BCUT2D eigenvalue weighted by atomic mass is 9.91. The van der Waals surface area contributed by atoms with Crippen LogP contribution >= 0.6 is 0 Å². The normalized spacial score (nSPS) is 14.3. The van der Waals surface area contributed by atoms with Crippen molar-refractivity contribution in [3.8, 4) is 0 Å². The molecule has 0 bridgehead atoms. The second-order valence-corrected chi connectivity index (χ2v) is 4.82. The van der Waals surface area contributed by atoms with E-state index in [0.29, 0.717) is 12.8 Å². The second kappa shape index (κ2) is 9.28. The first kappa shape index (κ1) is 16.4. The summed E-state index contributed by atoms with van der Waals surface area (Å²) in [6, 6.07) is 9.32. The number of carbonyl (C=O) groups is 1. The number of aliphatic carboxylic acids is 1. The number of aliphatic hydroxyl groups is 2. The molecule has 0 aliphatic heterocycles. The first-order chi connectivity index (χ1) is 9.65. The molecule has 2 unspecified atom stereocenters. The highest BCUT2D eigenvalue weighted by Gasteiger charge is 2.19. The number of hydrogen-bond acceptors (Lipinski definition) is 3. The van der Waals surface area contributed by atoms with Gasteiger partial charge in [0.2, 0.25) is 0 Å². The fourth-order valence-electron chi connectivity index (χ4n) is 2.12. The zero-order chi connectivity index (χ0) is 14.8. The zero-order valence-electron chi connectivity index (χ0n) is 11.5. The summed E-state index contributed by atoms with van der Waals surface area (Å²) in [5, 5.41) is 28.0. The summed E-state index contributed by atoms with van der Waals surface area (Å²) in [7, 11) is 0. The molecule has 0 heterocycles. The van der Waals surface area contributed by atoms with E-state index in [1.807, 2.05) is 30.3 Å². The lowest BCUT2D eigenvalue weighted by molar-refractivity contribution is -0.131. The highest BCUT2D eigenvalue weighted by atomic mass is 16.4. The smallest absolute Gasteiger partial charge is 0.327 e. The van der Waals surface area contributed by atoms with Gasteiger partial charge in [-0.05, 0) is 24.8 Å². The molecule has 0 amide bonds. The van der Waals surface area contributed by atoms with Gasteiger partial charge >= 0.3 is 5.97 Å². The third kappa shape index (κ3) is 5.99. The van der Waals surface area contributed by atoms with E-state index < -0.39 is 12.1 Å². The summed E-state index contributed by atoms with van der Waals surface area (Å²) >= 11 is 0. The average Bonchev–Trinajstić information content (AvgIpc) is 2.46. The van der Waals surface area contributed by atoms with Crippen molar-refractivity contribution in [3.05, 3.63) is 48.0 Å². The number of unbranched alkanes of at least 4 members (excludes halogenated alkanes) is 2. The quantitative estimate of drug-likeness (QED) is 0.479. The highest BCUT2D eigenvalue weighted by Crippen LogP contribution is 2.26. The number of benzene rings is 1. The zero-order valence-corrected chi connectivity index (χ0v) is 11.5. The molecular weight excluding hydrogens is 256 g/mol. The van der Waals surface area contributed by atoms with Gasteiger partial charge in [-0.3, -0.25) is 0 Å². The number of allylic oxidation sites excluding steroid dienone is 1. The van der Waals surface area contributed by atoms with E-state index in [1.165, 1.54) is 0 Å². The molecule has 1 rings (SSSR count). The van der Waals surface area contributed by atoms with Gasteiger partial charge in [-0.1, -0.05) is 42.8 Å². The monoisotopic (exact) mass is 278 g/mol. The molecule has 0 spiro atoms. The van der Waals surface area contributed by atoms with E-state index in [1.54, 1.807) is 6.08 Å². The Labute approximate surface area is 119 Å². The van der Waals surface area contributed by atoms with Crippen LogP contribution in [0, 0.1) is 5.92 Å². The highest BCUT2D eigenvalue weighted by molar-refractivity contribution is 5.79. The molecule has 0 saturated heterocycles.